The third-order valence-corrected chi connectivity index (χ3v) is 4.36. The lowest BCUT2D eigenvalue weighted by Crippen LogP contribution is -2.39. The van der Waals surface area contributed by atoms with Gasteiger partial charge in [-0.1, -0.05) is 39.0 Å². The summed E-state index contributed by atoms with van der Waals surface area (Å²) >= 11 is 0. The molecule has 0 aromatic heterocycles. The minimum absolute atomic E-state index is 0.0766. The first-order valence-electron chi connectivity index (χ1n) is 7.10. The van der Waals surface area contributed by atoms with Crippen molar-refractivity contribution in [3.8, 4) is 0 Å². The van der Waals surface area contributed by atoms with Gasteiger partial charge in [-0.25, -0.2) is 8.42 Å². The maximum atomic E-state index is 12.0. The van der Waals surface area contributed by atoms with E-state index in [-0.39, 0.29) is 18.4 Å². The fraction of sp³-hybridized carbons (Fsp3) is 0.533. The first kappa shape index (κ1) is 17.5. The average molecular weight is 312 g/mol. The van der Waals surface area contributed by atoms with Gasteiger partial charge in [-0.3, -0.25) is 9.10 Å². The molecule has 0 unspecified atom stereocenters. The highest BCUT2D eigenvalue weighted by Crippen LogP contribution is 2.22. The maximum Gasteiger partial charge on any atom is 0.232 e. The van der Waals surface area contributed by atoms with Crippen molar-refractivity contribution < 1.29 is 13.2 Å². The summed E-state index contributed by atoms with van der Waals surface area (Å²) in [4.78, 5) is 11.6. The first-order chi connectivity index (χ1) is 9.77. The number of hydrogen-bond donors (Lipinski definition) is 1. The average Bonchev–Trinajstić information content (AvgIpc) is 2.41. The number of anilines is 1. The van der Waals surface area contributed by atoms with Gasteiger partial charge < -0.3 is 5.32 Å². The molecule has 21 heavy (non-hydrogen) atoms. The Bertz CT molecular complexity index is 582. The molecule has 1 N–H and O–H groups in total. The molecule has 0 heterocycles. The van der Waals surface area contributed by atoms with Crippen LogP contribution in [-0.2, 0) is 21.2 Å². The molecule has 6 heteroatoms. The van der Waals surface area contributed by atoms with Crippen LogP contribution in [0.1, 0.15) is 26.3 Å². The highest BCUT2D eigenvalue weighted by atomic mass is 32.2. The van der Waals surface area contributed by atoms with Crippen LogP contribution in [0.4, 0.5) is 5.69 Å². The number of hydrogen-bond acceptors (Lipinski definition) is 3. The number of carbonyl (C=O) groups excluding carboxylic acids is 1. The Morgan fingerprint density at radius 1 is 1.29 bits per heavy atom. The van der Waals surface area contributed by atoms with Gasteiger partial charge in [0.1, 0.15) is 0 Å². The van der Waals surface area contributed by atoms with Gasteiger partial charge in [0.25, 0.3) is 0 Å². The van der Waals surface area contributed by atoms with Crippen LogP contribution in [0.2, 0.25) is 0 Å². The van der Waals surface area contributed by atoms with Gasteiger partial charge in [0.2, 0.25) is 15.9 Å². The number of sulfonamides is 1. The fourth-order valence-corrected chi connectivity index (χ4v) is 2.96. The molecule has 0 aliphatic carbocycles. The van der Waals surface area contributed by atoms with Crippen molar-refractivity contribution in [3.05, 3.63) is 29.8 Å². The summed E-state index contributed by atoms with van der Waals surface area (Å²) in [6, 6.07) is 7.42. The van der Waals surface area contributed by atoms with E-state index in [4.69, 9.17) is 0 Å². The predicted molar refractivity (Wildman–Crippen MR) is 85.9 cm³/mol. The van der Waals surface area contributed by atoms with E-state index in [2.05, 4.69) is 5.32 Å². The summed E-state index contributed by atoms with van der Waals surface area (Å²) in [6.45, 7) is 6.11. The number of amides is 1. The van der Waals surface area contributed by atoms with E-state index in [1.807, 2.05) is 25.1 Å². The minimum Gasteiger partial charge on any atom is -0.354 e. The van der Waals surface area contributed by atoms with E-state index in [0.717, 1.165) is 12.0 Å². The van der Waals surface area contributed by atoms with Crippen molar-refractivity contribution in [2.24, 2.45) is 5.92 Å². The Morgan fingerprint density at radius 3 is 2.43 bits per heavy atom. The zero-order valence-corrected chi connectivity index (χ0v) is 13.9. The maximum absolute atomic E-state index is 12.0. The van der Waals surface area contributed by atoms with Crippen LogP contribution in [0.3, 0.4) is 0 Å². The van der Waals surface area contributed by atoms with Crippen molar-refractivity contribution in [1.29, 1.82) is 0 Å². The van der Waals surface area contributed by atoms with Gasteiger partial charge >= 0.3 is 0 Å². The van der Waals surface area contributed by atoms with Gasteiger partial charge in [-0.2, -0.15) is 0 Å². The van der Waals surface area contributed by atoms with Gasteiger partial charge in [0.05, 0.1) is 18.5 Å². The normalized spacial score (nSPS) is 11.5. The van der Waals surface area contributed by atoms with Crippen LogP contribution >= 0.6 is 0 Å². The van der Waals surface area contributed by atoms with E-state index in [9.17, 15) is 13.2 Å². The molecule has 0 atom stereocenters. The van der Waals surface area contributed by atoms with E-state index >= 15 is 0 Å². The van der Waals surface area contributed by atoms with Gasteiger partial charge in [0.15, 0.2) is 0 Å². The topological polar surface area (TPSA) is 66.5 Å². The van der Waals surface area contributed by atoms with Crippen molar-refractivity contribution in [2.45, 2.75) is 27.2 Å². The molecule has 0 bridgehead atoms. The van der Waals surface area contributed by atoms with Crippen molar-refractivity contribution in [3.63, 3.8) is 0 Å². The highest BCUT2D eigenvalue weighted by Gasteiger charge is 2.19. The second-order valence-corrected chi connectivity index (χ2v) is 7.17. The van der Waals surface area contributed by atoms with Gasteiger partial charge in [-0.05, 0) is 18.1 Å². The number of nitrogens with one attached hydrogen (secondary N) is 1. The molecule has 0 saturated heterocycles. The van der Waals surface area contributed by atoms with E-state index in [1.54, 1.807) is 19.9 Å². The zero-order chi connectivity index (χ0) is 16.0. The first-order valence-corrected chi connectivity index (χ1v) is 8.95. The van der Waals surface area contributed by atoms with E-state index in [1.165, 1.54) is 10.6 Å². The predicted octanol–water partition coefficient (Wildman–Crippen LogP) is 1.79. The largest absolute Gasteiger partial charge is 0.354 e. The summed E-state index contributed by atoms with van der Waals surface area (Å²) in [7, 11) is -3.39. The summed E-state index contributed by atoms with van der Waals surface area (Å²) in [5.74, 6) is -0.188. The lowest BCUT2D eigenvalue weighted by molar-refractivity contribution is -0.123. The second-order valence-electron chi connectivity index (χ2n) is 5.26. The molecule has 1 aromatic carbocycles. The number of nitrogens with zero attached hydrogens (tertiary/aromatic N) is 1. The SMILES string of the molecule is CCc1ccccc1N(CCNC(=O)C(C)C)S(C)(=O)=O. The molecule has 0 spiro atoms. The molecule has 0 aliphatic heterocycles. The summed E-state index contributed by atoms with van der Waals surface area (Å²) in [6.07, 6.45) is 1.93. The molecule has 0 aliphatic rings. The number of aryl methyl sites for hydroxylation is 1. The minimum atomic E-state index is -3.39. The van der Waals surface area contributed by atoms with E-state index < -0.39 is 10.0 Å². The number of rotatable bonds is 7. The molecule has 1 aromatic rings. The van der Waals surface area contributed by atoms with Crippen LogP contribution in [0, 0.1) is 5.92 Å². The van der Waals surface area contributed by atoms with Crippen molar-refractivity contribution in [1.82, 2.24) is 5.32 Å². The fourth-order valence-electron chi connectivity index (χ4n) is 2.00. The number of benzene rings is 1. The molecule has 0 radical (unpaired) electrons. The summed E-state index contributed by atoms with van der Waals surface area (Å²) in [5, 5.41) is 2.75. The number of carbonyl (C=O) groups is 1. The van der Waals surface area contributed by atoms with Gasteiger partial charge in [-0.15, -0.1) is 0 Å². The lowest BCUT2D eigenvalue weighted by Gasteiger charge is -2.25. The molecule has 0 saturated carbocycles. The van der Waals surface area contributed by atoms with Crippen LogP contribution in [0.15, 0.2) is 24.3 Å². The van der Waals surface area contributed by atoms with E-state index in [0.29, 0.717) is 12.2 Å². The Labute approximate surface area is 127 Å². The third-order valence-electron chi connectivity index (χ3n) is 3.18. The number of para-hydroxylation sites is 1. The van der Waals surface area contributed by atoms with Crippen molar-refractivity contribution in [2.75, 3.05) is 23.7 Å². The molecule has 1 rings (SSSR count). The standard InChI is InChI=1S/C15H24N2O3S/c1-5-13-8-6-7-9-14(13)17(21(4,19)20)11-10-16-15(18)12(2)3/h6-9,12H,5,10-11H2,1-4H3,(H,16,18). The molecule has 118 valence electrons. The zero-order valence-electron chi connectivity index (χ0n) is 13.1. The van der Waals surface area contributed by atoms with Crippen LogP contribution in [0.5, 0.6) is 0 Å². The Kier molecular flexibility index (Phi) is 6.20. The highest BCUT2D eigenvalue weighted by molar-refractivity contribution is 7.92. The summed E-state index contributed by atoms with van der Waals surface area (Å²) in [5.41, 5.74) is 1.65. The van der Waals surface area contributed by atoms with Crippen LogP contribution in [-0.4, -0.2) is 33.7 Å². The lowest BCUT2D eigenvalue weighted by atomic mass is 10.1. The third kappa shape index (κ3) is 5.04. The summed E-state index contributed by atoms with van der Waals surface area (Å²) < 4.78 is 25.4. The van der Waals surface area contributed by atoms with Crippen LogP contribution < -0.4 is 9.62 Å². The molecule has 5 nitrogen and oxygen atoms in total. The molecule has 0 fully saturated rings. The van der Waals surface area contributed by atoms with Gasteiger partial charge in [0, 0.05) is 12.5 Å². The molecular weight excluding hydrogens is 288 g/mol. The smallest absolute Gasteiger partial charge is 0.232 e. The Hall–Kier alpha value is -1.56. The molecular formula is C15H24N2O3S. The monoisotopic (exact) mass is 312 g/mol. The van der Waals surface area contributed by atoms with Crippen molar-refractivity contribution >= 4 is 21.6 Å². The molecule has 1 amide bonds. The Morgan fingerprint density at radius 2 is 1.90 bits per heavy atom. The second kappa shape index (κ2) is 7.45. The Balaban J connectivity index is 2.90. The van der Waals surface area contributed by atoms with Crippen LogP contribution in [0.25, 0.3) is 0 Å². The quantitative estimate of drug-likeness (QED) is 0.834.